The first kappa shape index (κ1) is 59.8. The summed E-state index contributed by atoms with van der Waals surface area (Å²) >= 11 is 0. The summed E-state index contributed by atoms with van der Waals surface area (Å²) < 4.78 is 133. The molecule has 0 radical (unpaired) electrons. The van der Waals surface area contributed by atoms with Crippen LogP contribution in [0.5, 0.6) is 5.75 Å². The number of piperazine rings is 2. The van der Waals surface area contributed by atoms with Crippen LogP contribution in [0, 0.1) is 0 Å². The van der Waals surface area contributed by atoms with Crippen molar-refractivity contribution in [2.75, 3.05) is 60.0 Å². The summed E-state index contributed by atoms with van der Waals surface area (Å²) in [6.07, 6.45) is -20.3. The van der Waals surface area contributed by atoms with Crippen LogP contribution in [0.4, 0.5) is 52.7 Å². The van der Waals surface area contributed by atoms with Crippen molar-refractivity contribution in [3.63, 3.8) is 0 Å². The van der Waals surface area contributed by atoms with Gasteiger partial charge in [0.15, 0.2) is 0 Å². The van der Waals surface area contributed by atoms with Crippen molar-refractivity contribution < 1.29 is 102 Å². The zero-order valence-corrected chi connectivity index (χ0v) is 36.1. The maximum Gasteiger partial charge on any atom is 0.490 e. The number of aliphatic carboxylic acids is 4. The van der Waals surface area contributed by atoms with E-state index >= 15 is 0 Å². The van der Waals surface area contributed by atoms with Crippen molar-refractivity contribution in [1.29, 1.82) is 0 Å². The molecule has 3 aromatic rings. The van der Waals surface area contributed by atoms with Gasteiger partial charge < -0.3 is 40.7 Å². The third kappa shape index (κ3) is 23.5. The summed E-state index contributed by atoms with van der Waals surface area (Å²) in [4.78, 5) is 56.0. The number of carbonyl (C=O) groups excluding carboxylic acids is 1. The number of benzene rings is 3. The molecule has 0 unspecified atom stereocenters. The molecule has 0 aliphatic carbocycles. The van der Waals surface area contributed by atoms with Gasteiger partial charge in [-0.2, -0.15) is 52.7 Å². The first-order chi connectivity index (χ1) is 31.2. The number of carboxylic acids is 4. The van der Waals surface area contributed by atoms with Gasteiger partial charge in [0.1, 0.15) is 5.75 Å². The molecule has 2 fully saturated rings. The molecule has 2 aliphatic rings. The number of nitrogens with one attached hydrogen (secondary N) is 2. The predicted octanol–water partition coefficient (Wildman–Crippen LogP) is 6.37. The van der Waals surface area contributed by atoms with Gasteiger partial charge in [0, 0.05) is 82.6 Å². The molecule has 0 bridgehead atoms. The topological polar surface area (TPSA) is 209 Å². The van der Waals surface area contributed by atoms with E-state index in [4.69, 9.17) is 44.3 Å². The summed E-state index contributed by atoms with van der Waals surface area (Å²) in [6, 6.07) is 23.4. The number of carbonyl (C=O) groups is 5. The Morgan fingerprint density at radius 2 is 1.09 bits per heavy atom. The van der Waals surface area contributed by atoms with E-state index in [2.05, 4.69) is 75.7 Å². The molecule has 3 aromatic carbocycles. The lowest BCUT2D eigenvalue weighted by atomic mass is 9.99. The van der Waals surface area contributed by atoms with Crippen LogP contribution in [0.3, 0.4) is 0 Å². The minimum Gasteiger partial charge on any atom is -0.496 e. The Bertz CT molecular complexity index is 2020. The van der Waals surface area contributed by atoms with Gasteiger partial charge >= 0.3 is 48.6 Å². The number of rotatable bonds is 9. The third-order valence-electron chi connectivity index (χ3n) is 8.98. The lowest BCUT2D eigenvalue weighted by Crippen LogP contribution is -2.48. The second-order valence-corrected chi connectivity index (χ2v) is 14.5. The summed E-state index contributed by atoms with van der Waals surface area (Å²) in [6.45, 7) is 12.0. The highest BCUT2D eigenvalue weighted by atomic mass is 19.4. The van der Waals surface area contributed by atoms with E-state index in [1.807, 2.05) is 30.3 Å². The number of amides is 1. The Hall–Kier alpha value is -6.19. The Kier molecular flexibility index (Phi) is 23.7. The number of hydrogen-bond acceptors (Lipinski definition) is 10. The fourth-order valence-electron chi connectivity index (χ4n) is 5.70. The van der Waals surface area contributed by atoms with Crippen molar-refractivity contribution >= 4 is 29.8 Å². The van der Waals surface area contributed by atoms with E-state index in [1.165, 1.54) is 11.1 Å². The minimum absolute atomic E-state index is 0.0511. The Morgan fingerprint density at radius 3 is 1.54 bits per heavy atom. The number of hydrogen-bond donors (Lipinski definition) is 6. The first-order valence-corrected chi connectivity index (χ1v) is 19.4. The Labute approximate surface area is 379 Å². The molecule has 5 rings (SSSR count). The number of ether oxygens (including phenoxy) is 1. The molecule has 68 heavy (non-hydrogen) atoms. The average Bonchev–Trinajstić information content (AvgIpc) is 3.23. The smallest absolute Gasteiger partial charge is 0.490 e. The van der Waals surface area contributed by atoms with E-state index in [0.717, 1.165) is 81.3 Å². The zero-order valence-electron chi connectivity index (χ0n) is 36.1. The second kappa shape index (κ2) is 27.0. The van der Waals surface area contributed by atoms with Gasteiger partial charge in [-0.05, 0) is 66.6 Å². The van der Waals surface area contributed by atoms with Crippen LogP contribution in [0.1, 0.15) is 34.0 Å². The number of carboxylic acid groups (broad SMARTS) is 4. The van der Waals surface area contributed by atoms with Crippen LogP contribution >= 0.6 is 0 Å². The molecule has 0 spiro atoms. The molecule has 2 heterocycles. The highest BCUT2D eigenvalue weighted by Crippen LogP contribution is 2.32. The molecule has 380 valence electrons. The monoisotopic (exact) mass is 997 g/mol. The largest absolute Gasteiger partial charge is 0.496 e. The van der Waals surface area contributed by atoms with Crippen LogP contribution in [0.15, 0.2) is 66.7 Å². The van der Waals surface area contributed by atoms with E-state index in [1.54, 1.807) is 7.11 Å². The van der Waals surface area contributed by atoms with Gasteiger partial charge in [0.25, 0.3) is 5.91 Å². The molecular weight excluding hydrogens is 950 g/mol. The predicted molar refractivity (Wildman–Crippen MR) is 216 cm³/mol. The Morgan fingerprint density at radius 1 is 0.632 bits per heavy atom. The Balaban J connectivity index is 0.000000668. The summed E-state index contributed by atoms with van der Waals surface area (Å²) in [5.41, 5.74) is 6.39. The average molecular weight is 998 g/mol. The molecular formula is C41H47F12N5O10. The molecule has 2 saturated heterocycles. The van der Waals surface area contributed by atoms with Gasteiger partial charge in [-0.1, -0.05) is 36.4 Å². The van der Waals surface area contributed by atoms with Crippen molar-refractivity contribution in [1.82, 2.24) is 25.3 Å². The molecule has 1 amide bonds. The molecule has 0 aromatic heterocycles. The van der Waals surface area contributed by atoms with Crippen LogP contribution in [-0.4, -0.2) is 156 Å². The SMILES string of the molecule is COc1ccc(CNC(=O)c2cccc(CN3CCN(C)CC3)c2)cc1-c1cccc(CN2CCN[C@@H](C)C2)c1.O=C(O)C(F)(F)F.O=C(O)C(F)(F)F.O=C(O)C(F)(F)F.O=C(O)C(F)(F)F. The lowest BCUT2D eigenvalue weighted by molar-refractivity contribution is -0.193. The van der Waals surface area contributed by atoms with Crippen LogP contribution in [0.2, 0.25) is 0 Å². The van der Waals surface area contributed by atoms with E-state index in [9.17, 15) is 57.5 Å². The maximum absolute atomic E-state index is 13.1. The van der Waals surface area contributed by atoms with Gasteiger partial charge in [-0.15, -0.1) is 0 Å². The zero-order chi connectivity index (χ0) is 52.2. The molecule has 1 atom stereocenters. The van der Waals surface area contributed by atoms with Crippen molar-refractivity contribution in [3.05, 3.63) is 89.0 Å². The summed E-state index contributed by atoms with van der Waals surface area (Å²) in [5, 5.41) is 35.1. The molecule has 0 saturated carbocycles. The lowest BCUT2D eigenvalue weighted by Gasteiger charge is -2.32. The van der Waals surface area contributed by atoms with Crippen molar-refractivity contribution in [2.45, 2.75) is 57.3 Å². The van der Waals surface area contributed by atoms with Gasteiger partial charge in [0.2, 0.25) is 0 Å². The van der Waals surface area contributed by atoms with E-state index in [0.29, 0.717) is 18.2 Å². The number of nitrogens with zero attached hydrogens (tertiary/aromatic N) is 3. The highest BCUT2D eigenvalue weighted by molar-refractivity contribution is 5.94. The summed E-state index contributed by atoms with van der Waals surface area (Å²) in [7, 11) is 3.88. The van der Waals surface area contributed by atoms with E-state index in [-0.39, 0.29) is 5.91 Å². The fraction of sp³-hybridized carbons (Fsp3) is 0.439. The number of likely N-dealkylation sites (N-methyl/N-ethyl adjacent to an activating group) is 1. The molecule has 27 heteroatoms. The third-order valence-corrected chi connectivity index (χ3v) is 8.98. The minimum atomic E-state index is -5.08. The van der Waals surface area contributed by atoms with Crippen LogP contribution in [0.25, 0.3) is 11.1 Å². The number of methoxy groups -OCH3 is 1. The maximum atomic E-state index is 13.1. The van der Waals surface area contributed by atoms with Gasteiger partial charge in [-0.3, -0.25) is 14.6 Å². The molecule has 15 nitrogen and oxygen atoms in total. The fourth-order valence-corrected chi connectivity index (χ4v) is 5.70. The standard InChI is InChI=1S/C33H43N5O2.4C2HF3O2/c1-25-22-38(13-12-34-25)24-27-6-4-8-29(18-27)31-20-26(10-11-32(31)40-3)21-35-33(39)30-9-5-7-28(19-30)23-37-16-14-36(2)15-17-37;4*3-2(4,5)1(6)7/h4-11,18-20,25,34H,12-17,21-24H2,1-3H3,(H,35,39);4*(H,6,7)/t25-;;;;/m0..../s1. The normalized spacial score (nSPS) is 15.8. The molecule has 6 N–H and O–H groups in total. The van der Waals surface area contributed by atoms with E-state index < -0.39 is 48.6 Å². The number of halogens is 12. The highest BCUT2D eigenvalue weighted by Gasteiger charge is 2.40. The van der Waals surface area contributed by atoms with Gasteiger partial charge in [-0.25, -0.2) is 19.2 Å². The first-order valence-electron chi connectivity index (χ1n) is 19.4. The van der Waals surface area contributed by atoms with Crippen LogP contribution in [-0.2, 0) is 38.8 Å². The summed E-state index contributed by atoms with van der Waals surface area (Å²) in [5.74, 6) is -10.2. The van der Waals surface area contributed by atoms with Crippen molar-refractivity contribution in [3.8, 4) is 16.9 Å². The van der Waals surface area contributed by atoms with Gasteiger partial charge in [0.05, 0.1) is 7.11 Å². The number of alkyl halides is 12. The quantitative estimate of drug-likeness (QED) is 0.129. The van der Waals surface area contributed by atoms with Crippen LogP contribution < -0.4 is 15.4 Å². The second-order valence-electron chi connectivity index (χ2n) is 14.5. The molecule has 2 aliphatic heterocycles. The van der Waals surface area contributed by atoms with Crippen molar-refractivity contribution in [2.24, 2.45) is 0 Å².